The van der Waals surface area contributed by atoms with Crippen LogP contribution in [-0.2, 0) is 0 Å². The van der Waals surface area contributed by atoms with Crippen LogP contribution in [0.4, 0.5) is 11.8 Å². The van der Waals surface area contributed by atoms with Crippen LogP contribution < -0.4 is 10.6 Å². The molecule has 0 amide bonds. The maximum atomic E-state index is 10.1. The Morgan fingerprint density at radius 3 is 3.00 bits per heavy atom. The van der Waals surface area contributed by atoms with E-state index in [9.17, 15) is 5.11 Å². The molecule has 1 fully saturated rings. The van der Waals surface area contributed by atoms with E-state index in [-0.39, 0.29) is 12.1 Å². The highest BCUT2D eigenvalue weighted by Gasteiger charge is 2.24. The Balaban J connectivity index is 1.86. The van der Waals surface area contributed by atoms with E-state index in [0.29, 0.717) is 11.6 Å². The molecular formula is C14H22N6O. The maximum Gasteiger partial charge on any atom is 0.226 e. The van der Waals surface area contributed by atoms with Gasteiger partial charge in [-0.15, -0.1) is 0 Å². The van der Waals surface area contributed by atoms with Crippen LogP contribution in [0.15, 0.2) is 6.20 Å². The second-order valence-corrected chi connectivity index (χ2v) is 5.56. The lowest BCUT2D eigenvalue weighted by atomic mass is 9.92. The summed E-state index contributed by atoms with van der Waals surface area (Å²) in [6, 6.07) is 0.0470. The summed E-state index contributed by atoms with van der Waals surface area (Å²) < 4.78 is 0. The smallest absolute Gasteiger partial charge is 0.226 e. The van der Waals surface area contributed by atoms with Crippen molar-refractivity contribution in [2.45, 2.75) is 51.2 Å². The van der Waals surface area contributed by atoms with Crippen molar-refractivity contribution in [3.05, 3.63) is 6.20 Å². The van der Waals surface area contributed by atoms with Gasteiger partial charge in [0.2, 0.25) is 5.95 Å². The van der Waals surface area contributed by atoms with Crippen LogP contribution in [0.1, 0.15) is 39.0 Å². The van der Waals surface area contributed by atoms with Crippen LogP contribution >= 0.6 is 0 Å². The molecular weight excluding hydrogens is 268 g/mol. The predicted octanol–water partition coefficient (Wildman–Crippen LogP) is 1.89. The molecule has 1 saturated carbocycles. The number of aromatic amines is 1. The lowest BCUT2D eigenvalue weighted by molar-refractivity contribution is 0.116. The summed E-state index contributed by atoms with van der Waals surface area (Å²) >= 11 is 0. The van der Waals surface area contributed by atoms with Crippen LogP contribution in [0.5, 0.6) is 0 Å². The minimum Gasteiger partial charge on any atom is -0.391 e. The van der Waals surface area contributed by atoms with E-state index < -0.39 is 0 Å². The Morgan fingerprint density at radius 1 is 1.33 bits per heavy atom. The quantitative estimate of drug-likeness (QED) is 0.671. The van der Waals surface area contributed by atoms with Crippen LogP contribution in [0.3, 0.4) is 0 Å². The topological polar surface area (TPSA) is 98.8 Å². The Hall–Kier alpha value is -1.89. The number of aliphatic hydroxyl groups excluding tert-OH is 1. The normalized spacial score (nSPS) is 22.4. The summed E-state index contributed by atoms with van der Waals surface area (Å²) in [7, 11) is 0. The van der Waals surface area contributed by atoms with Gasteiger partial charge in [-0.05, 0) is 19.3 Å². The van der Waals surface area contributed by atoms with Gasteiger partial charge < -0.3 is 15.7 Å². The molecule has 4 N–H and O–H groups in total. The zero-order chi connectivity index (χ0) is 14.7. The van der Waals surface area contributed by atoms with Gasteiger partial charge in [-0.1, -0.05) is 19.8 Å². The van der Waals surface area contributed by atoms with Crippen molar-refractivity contribution in [2.75, 3.05) is 17.2 Å². The van der Waals surface area contributed by atoms with Crippen molar-refractivity contribution in [3.63, 3.8) is 0 Å². The van der Waals surface area contributed by atoms with Gasteiger partial charge in [-0.2, -0.15) is 15.1 Å². The van der Waals surface area contributed by atoms with Crippen molar-refractivity contribution in [1.82, 2.24) is 20.2 Å². The number of fused-ring (bicyclic) bond motifs is 1. The number of anilines is 2. The summed E-state index contributed by atoms with van der Waals surface area (Å²) in [5.41, 5.74) is 0.705. The standard InChI is InChI=1S/C14H22N6O/c1-2-7-15-14-18-12(9-8-16-20-13(9)19-14)17-10-5-3-4-6-11(10)21/h8,10-11,21H,2-7H2,1H3,(H3,15,16,17,18,19,20). The van der Waals surface area contributed by atoms with Crippen LogP contribution in [-0.4, -0.2) is 44.0 Å². The van der Waals surface area contributed by atoms with E-state index >= 15 is 0 Å². The molecule has 0 bridgehead atoms. The maximum absolute atomic E-state index is 10.1. The van der Waals surface area contributed by atoms with E-state index in [1.54, 1.807) is 6.20 Å². The van der Waals surface area contributed by atoms with Crippen molar-refractivity contribution in [3.8, 4) is 0 Å². The van der Waals surface area contributed by atoms with E-state index in [1.165, 1.54) is 0 Å². The molecule has 0 saturated heterocycles. The van der Waals surface area contributed by atoms with Crippen molar-refractivity contribution < 1.29 is 5.11 Å². The highest BCUT2D eigenvalue weighted by Crippen LogP contribution is 2.25. The molecule has 2 aromatic rings. The molecule has 1 aliphatic rings. The third kappa shape index (κ3) is 3.07. The van der Waals surface area contributed by atoms with Crippen LogP contribution in [0.25, 0.3) is 11.0 Å². The highest BCUT2D eigenvalue weighted by atomic mass is 16.3. The third-order valence-corrected chi connectivity index (χ3v) is 3.89. The van der Waals surface area contributed by atoms with E-state index in [2.05, 4.69) is 37.7 Å². The lowest BCUT2D eigenvalue weighted by Crippen LogP contribution is -2.36. The summed E-state index contributed by atoms with van der Waals surface area (Å²) in [5, 5.41) is 24.5. The SMILES string of the molecule is CCCNc1nc(NC2CCCCC2O)c2cn[nH]c2n1. The minimum atomic E-state index is -0.317. The third-order valence-electron chi connectivity index (χ3n) is 3.89. The van der Waals surface area contributed by atoms with Gasteiger partial charge in [0.15, 0.2) is 5.65 Å². The highest BCUT2D eigenvalue weighted by molar-refractivity contribution is 5.87. The second kappa shape index (κ2) is 6.26. The van der Waals surface area contributed by atoms with Gasteiger partial charge in [0.1, 0.15) is 5.82 Å². The number of nitrogens with one attached hydrogen (secondary N) is 3. The van der Waals surface area contributed by atoms with Crippen LogP contribution in [0, 0.1) is 0 Å². The number of hydrogen-bond donors (Lipinski definition) is 4. The second-order valence-electron chi connectivity index (χ2n) is 5.56. The fraction of sp³-hybridized carbons (Fsp3) is 0.643. The first-order valence-electron chi connectivity index (χ1n) is 7.67. The number of H-pyrrole nitrogens is 1. The van der Waals surface area contributed by atoms with E-state index in [1.807, 2.05) is 0 Å². The zero-order valence-corrected chi connectivity index (χ0v) is 12.3. The summed E-state index contributed by atoms with van der Waals surface area (Å²) in [4.78, 5) is 8.94. The van der Waals surface area contributed by atoms with Gasteiger partial charge in [0.05, 0.1) is 23.7 Å². The first-order valence-corrected chi connectivity index (χ1v) is 7.67. The molecule has 3 rings (SSSR count). The monoisotopic (exact) mass is 290 g/mol. The summed E-state index contributed by atoms with van der Waals surface area (Å²) in [6.07, 6.45) is 6.44. The van der Waals surface area contributed by atoms with Crippen LogP contribution in [0.2, 0.25) is 0 Å². The van der Waals surface area contributed by atoms with Gasteiger partial charge in [0.25, 0.3) is 0 Å². The molecule has 2 heterocycles. The molecule has 2 atom stereocenters. The molecule has 114 valence electrons. The molecule has 0 spiro atoms. The molecule has 7 heteroatoms. The predicted molar refractivity (Wildman–Crippen MR) is 82.3 cm³/mol. The summed E-state index contributed by atoms with van der Waals surface area (Å²) in [6.45, 7) is 2.92. The first kappa shape index (κ1) is 14.1. The largest absolute Gasteiger partial charge is 0.391 e. The number of aromatic nitrogens is 4. The van der Waals surface area contributed by atoms with Crippen molar-refractivity contribution in [1.29, 1.82) is 0 Å². The number of hydrogen-bond acceptors (Lipinski definition) is 6. The lowest BCUT2D eigenvalue weighted by Gasteiger charge is -2.29. The summed E-state index contributed by atoms with van der Waals surface area (Å²) in [5.74, 6) is 1.32. The molecule has 7 nitrogen and oxygen atoms in total. The average molecular weight is 290 g/mol. The number of rotatable bonds is 5. The fourth-order valence-electron chi connectivity index (χ4n) is 2.72. The van der Waals surface area contributed by atoms with E-state index in [0.717, 1.165) is 49.9 Å². The molecule has 0 radical (unpaired) electrons. The van der Waals surface area contributed by atoms with Gasteiger partial charge in [-0.25, -0.2) is 0 Å². The molecule has 0 aromatic carbocycles. The number of aliphatic hydroxyl groups is 1. The molecule has 21 heavy (non-hydrogen) atoms. The van der Waals surface area contributed by atoms with E-state index in [4.69, 9.17) is 0 Å². The molecule has 2 aromatic heterocycles. The van der Waals surface area contributed by atoms with Gasteiger partial charge >= 0.3 is 0 Å². The average Bonchev–Trinajstić information content (AvgIpc) is 2.96. The Kier molecular flexibility index (Phi) is 4.19. The van der Waals surface area contributed by atoms with Crippen molar-refractivity contribution in [2.24, 2.45) is 0 Å². The first-order chi connectivity index (χ1) is 10.3. The zero-order valence-electron chi connectivity index (χ0n) is 12.3. The van der Waals surface area contributed by atoms with Gasteiger partial charge in [0, 0.05) is 6.54 Å². The fourth-order valence-corrected chi connectivity index (χ4v) is 2.72. The Morgan fingerprint density at radius 2 is 2.19 bits per heavy atom. The Bertz CT molecular complexity index is 598. The molecule has 2 unspecified atom stereocenters. The molecule has 1 aliphatic carbocycles. The Labute approximate surface area is 123 Å². The van der Waals surface area contributed by atoms with Crippen molar-refractivity contribution >= 4 is 22.8 Å². The minimum absolute atomic E-state index is 0.0470. The van der Waals surface area contributed by atoms with Gasteiger partial charge in [-0.3, -0.25) is 5.10 Å². The number of nitrogens with zero attached hydrogens (tertiary/aromatic N) is 3. The molecule has 0 aliphatic heterocycles.